The molecule has 108 valence electrons. The molecule has 0 spiro atoms. The van der Waals surface area contributed by atoms with Crippen molar-refractivity contribution in [2.24, 2.45) is 5.73 Å². The van der Waals surface area contributed by atoms with Crippen molar-refractivity contribution in [2.75, 3.05) is 0 Å². The van der Waals surface area contributed by atoms with Gasteiger partial charge in [-0.1, -0.05) is 39.7 Å². The van der Waals surface area contributed by atoms with Crippen LogP contribution in [0.15, 0.2) is 39.6 Å². The molecule has 0 fully saturated rings. The van der Waals surface area contributed by atoms with E-state index in [0.717, 1.165) is 0 Å². The van der Waals surface area contributed by atoms with Crippen molar-refractivity contribution < 1.29 is 4.39 Å². The second-order valence-corrected chi connectivity index (χ2v) is 5.88. The van der Waals surface area contributed by atoms with Gasteiger partial charge >= 0.3 is 5.69 Å². The lowest BCUT2D eigenvalue weighted by Crippen LogP contribution is -2.14. The summed E-state index contributed by atoms with van der Waals surface area (Å²) in [5, 5.41) is 0.0233. The lowest BCUT2D eigenvalue weighted by atomic mass is 9.98. The highest BCUT2D eigenvalue weighted by molar-refractivity contribution is 9.10. The second kappa shape index (κ2) is 5.29. The monoisotopic (exact) mass is 369 g/mol. The molecule has 0 amide bonds. The molecule has 0 bridgehead atoms. The van der Waals surface area contributed by atoms with Crippen molar-refractivity contribution in [2.45, 2.75) is 6.04 Å². The molecule has 2 aromatic carbocycles. The van der Waals surface area contributed by atoms with Gasteiger partial charge in [-0.3, -0.25) is 0 Å². The maximum absolute atomic E-state index is 14.1. The van der Waals surface area contributed by atoms with Gasteiger partial charge in [0.2, 0.25) is 0 Å². The number of H-pyrrole nitrogens is 2. The van der Waals surface area contributed by atoms with Crippen LogP contribution >= 0.6 is 27.5 Å². The summed E-state index contributed by atoms with van der Waals surface area (Å²) in [7, 11) is 0. The van der Waals surface area contributed by atoms with Crippen LogP contribution in [0, 0.1) is 5.82 Å². The van der Waals surface area contributed by atoms with Crippen molar-refractivity contribution in [1.82, 2.24) is 9.97 Å². The fourth-order valence-electron chi connectivity index (χ4n) is 2.24. The molecule has 4 nitrogen and oxygen atoms in total. The highest BCUT2D eigenvalue weighted by Crippen LogP contribution is 2.32. The molecule has 1 heterocycles. The van der Waals surface area contributed by atoms with Crippen LogP contribution in [-0.2, 0) is 0 Å². The standard InChI is InChI=1S/C14H10BrClFN3O/c15-8-5-11-10(19-14(21)20-11)4-7(8)13(18)6-2-1-3-9(16)12(6)17/h1-5,13H,18H2,(H2,19,20,21). The molecule has 1 atom stereocenters. The fraction of sp³-hybridized carbons (Fsp3) is 0.0714. The predicted octanol–water partition coefficient (Wildman–Crippen LogP) is 3.46. The van der Waals surface area contributed by atoms with Crippen LogP contribution in [0.4, 0.5) is 4.39 Å². The van der Waals surface area contributed by atoms with Gasteiger partial charge in [0.25, 0.3) is 0 Å². The number of rotatable bonds is 2. The molecule has 1 aromatic heterocycles. The van der Waals surface area contributed by atoms with E-state index in [0.29, 0.717) is 26.6 Å². The normalized spacial score (nSPS) is 12.8. The molecule has 0 saturated heterocycles. The fourth-order valence-corrected chi connectivity index (χ4v) is 3.01. The number of hydrogen-bond acceptors (Lipinski definition) is 2. The maximum atomic E-state index is 14.1. The van der Waals surface area contributed by atoms with Crippen LogP contribution in [0.2, 0.25) is 5.02 Å². The van der Waals surface area contributed by atoms with Crippen molar-refractivity contribution in [3.8, 4) is 0 Å². The van der Waals surface area contributed by atoms with Gasteiger partial charge in [0.1, 0.15) is 5.82 Å². The number of halogens is 3. The number of fused-ring (bicyclic) bond motifs is 1. The van der Waals surface area contributed by atoms with Crippen LogP contribution in [0.3, 0.4) is 0 Å². The van der Waals surface area contributed by atoms with E-state index in [4.69, 9.17) is 17.3 Å². The molecule has 3 aromatic rings. The van der Waals surface area contributed by atoms with Crippen LogP contribution in [0.5, 0.6) is 0 Å². The zero-order valence-electron chi connectivity index (χ0n) is 10.6. The van der Waals surface area contributed by atoms with Crippen molar-refractivity contribution in [3.63, 3.8) is 0 Å². The molecule has 0 aliphatic heterocycles. The van der Waals surface area contributed by atoms with Gasteiger partial charge in [-0.05, 0) is 23.8 Å². The first-order valence-corrected chi connectivity index (χ1v) is 7.25. The van der Waals surface area contributed by atoms with Gasteiger partial charge in [0, 0.05) is 10.0 Å². The quantitative estimate of drug-likeness (QED) is 0.646. The minimum Gasteiger partial charge on any atom is -0.320 e. The molecule has 0 saturated carbocycles. The second-order valence-electron chi connectivity index (χ2n) is 4.62. The van der Waals surface area contributed by atoms with Crippen LogP contribution in [0.25, 0.3) is 11.0 Å². The number of hydrogen-bond donors (Lipinski definition) is 3. The summed E-state index contributed by atoms with van der Waals surface area (Å²) in [6.45, 7) is 0. The molecule has 4 N–H and O–H groups in total. The first kappa shape index (κ1) is 14.3. The van der Waals surface area contributed by atoms with Gasteiger partial charge in [0.05, 0.1) is 22.1 Å². The van der Waals surface area contributed by atoms with Crippen molar-refractivity contribution in [3.05, 3.63) is 67.3 Å². The van der Waals surface area contributed by atoms with Gasteiger partial charge < -0.3 is 15.7 Å². The van der Waals surface area contributed by atoms with E-state index in [-0.39, 0.29) is 10.7 Å². The Balaban J connectivity index is 2.16. The zero-order valence-corrected chi connectivity index (χ0v) is 12.9. The molecular formula is C14H10BrClFN3O. The minimum absolute atomic E-state index is 0.0233. The third-order valence-corrected chi connectivity index (χ3v) is 4.26. The van der Waals surface area contributed by atoms with E-state index >= 15 is 0 Å². The Labute approximate surface area is 132 Å². The lowest BCUT2D eigenvalue weighted by Gasteiger charge is -2.16. The molecule has 3 rings (SSSR count). The van der Waals surface area contributed by atoms with Crippen LogP contribution in [-0.4, -0.2) is 9.97 Å². The molecule has 1 unspecified atom stereocenters. The van der Waals surface area contributed by atoms with E-state index in [1.807, 2.05) is 0 Å². The average molecular weight is 371 g/mol. The summed E-state index contributed by atoms with van der Waals surface area (Å²) in [5.74, 6) is -0.541. The summed E-state index contributed by atoms with van der Waals surface area (Å²) < 4.78 is 14.8. The summed E-state index contributed by atoms with van der Waals surface area (Å²) in [6.07, 6.45) is 0. The largest absolute Gasteiger partial charge is 0.323 e. The molecule has 7 heteroatoms. The van der Waals surface area contributed by atoms with E-state index in [1.165, 1.54) is 6.07 Å². The third-order valence-electron chi connectivity index (χ3n) is 3.28. The summed E-state index contributed by atoms with van der Waals surface area (Å²) >= 11 is 9.19. The lowest BCUT2D eigenvalue weighted by molar-refractivity contribution is 0.600. The SMILES string of the molecule is NC(c1cc2[nH]c(=O)[nH]c2cc1Br)c1cccc(Cl)c1F. The first-order chi connectivity index (χ1) is 9.97. The van der Waals surface area contributed by atoms with Crippen molar-refractivity contribution in [1.29, 1.82) is 0 Å². The Hall–Kier alpha value is -1.63. The summed E-state index contributed by atoms with van der Waals surface area (Å²) in [5.41, 5.74) is 8.04. The van der Waals surface area contributed by atoms with Gasteiger partial charge in [-0.25, -0.2) is 9.18 Å². The predicted molar refractivity (Wildman–Crippen MR) is 84.1 cm³/mol. The summed E-state index contributed by atoms with van der Waals surface area (Å²) in [4.78, 5) is 16.6. The average Bonchev–Trinajstić information content (AvgIpc) is 2.79. The zero-order chi connectivity index (χ0) is 15.1. The molecule has 0 aliphatic rings. The molecule has 0 aliphatic carbocycles. The number of aromatic amines is 2. The highest BCUT2D eigenvalue weighted by atomic mass is 79.9. The minimum atomic E-state index is -0.708. The Morgan fingerprint density at radius 2 is 1.86 bits per heavy atom. The number of aromatic nitrogens is 2. The maximum Gasteiger partial charge on any atom is 0.323 e. The topological polar surface area (TPSA) is 74.7 Å². The van der Waals surface area contributed by atoms with E-state index in [1.54, 1.807) is 24.3 Å². The smallest absolute Gasteiger partial charge is 0.320 e. The Bertz CT molecular complexity index is 890. The van der Waals surface area contributed by atoms with E-state index in [9.17, 15) is 9.18 Å². The number of benzene rings is 2. The number of imidazole rings is 1. The molecule has 21 heavy (non-hydrogen) atoms. The molecular weight excluding hydrogens is 361 g/mol. The van der Waals surface area contributed by atoms with Gasteiger partial charge in [0.15, 0.2) is 0 Å². The van der Waals surface area contributed by atoms with Gasteiger partial charge in [-0.2, -0.15) is 0 Å². The van der Waals surface area contributed by atoms with Crippen LogP contribution < -0.4 is 11.4 Å². The van der Waals surface area contributed by atoms with Crippen molar-refractivity contribution >= 4 is 38.6 Å². The Morgan fingerprint density at radius 1 is 1.19 bits per heavy atom. The number of nitrogens with two attached hydrogens (primary N) is 1. The van der Waals surface area contributed by atoms with Crippen LogP contribution in [0.1, 0.15) is 17.2 Å². The van der Waals surface area contributed by atoms with Gasteiger partial charge in [-0.15, -0.1) is 0 Å². The Morgan fingerprint density at radius 3 is 2.57 bits per heavy atom. The van der Waals surface area contributed by atoms with E-state index in [2.05, 4.69) is 25.9 Å². The Kier molecular flexibility index (Phi) is 3.61. The first-order valence-electron chi connectivity index (χ1n) is 6.08. The summed E-state index contributed by atoms with van der Waals surface area (Å²) in [6, 6.07) is 7.43. The number of nitrogens with one attached hydrogen (secondary N) is 2. The van der Waals surface area contributed by atoms with E-state index < -0.39 is 11.9 Å². The molecule has 0 radical (unpaired) electrons. The highest BCUT2D eigenvalue weighted by Gasteiger charge is 2.19. The third kappa shape index (κ3) is 2.50.